The Morgan fingerprint density at radius 3 is 2.70 bits per heavy atom. The van der Waals surface area contributed by atoms with Crippen LogP contribution in [0, 0.1) is 11.3 Å². The standard InChI is InChI=1S/C17H21N3/c1-17(2,3)19-11-16-7-8-20(13-16)12-15-6-4-5-14(9-15)10-18/h4-9,13,19H,11-12H2,1-3H3. The molecular formula is C17H21N3. The molecule has 104 valence electrons. The molecule has 2 aromatic rings. The first kappa shape index (κ1) is 14.4. The second-order valence-electron chi connectivity index (χ2n) is 6.11. The highest BCUT2D eigenvalue weighted by atomic mass is 15.0. The highest BCUT2D eigenvalue weighted by Gasteiger charge is 2.08. The van der Waals surface area contributed by atoms with Gasteiger partial charge in [-0.3, -0.25) is 0 Å². The second kappa shape index (κ2) is 5.94. The van der Waals surface area contributed by atoms with E-state index in [0.717, 1.165) is 18.7 Å². The molecular weight excluding hydrogens is 246 g/mol. The lowest BCUT2D eigenvalue weighted by molar-refractivity contribution is 0.424. The lowest BCUT2D eigenvalue weighted by Crippen LogP contribution is -2.34. The Kier molecular flexibility index (Phi) is 4.26. The number of hydrogen-bond donors (Lipinski definition) is 1. The predicted molar refractivity (Wildman–Crippen MR) is 81.3 cm³/mol. The zero-order valence-corrected chi connectivity index (χ0v) is 12.4. The molecule has 20 heavy (non-hydrogen) atoms. The SMILES string of the molecule is CC(C)(C)NCc1ccn(Cc2cccc(C#N)c2)c1. The van der Waals surface area contributed by atoms with E-state index in [9.17, 15) is 0 Å². The average Bonchev–Trinajstić information content (AvgIpc) is 2.83. The fourth-order valence-electron chi connectivity index (χ4n) is 2.01. The number of rotatable bonds is 4. The van der Waals surface area contributed by atoms with Crippen molar-refractivity contribution in [2.24, 2.45) is 0 Å². The van der Waals surface area contributed by atoms with Crippen molar-refractivity contribution >= 4 is 0 Å². The molecule has 0 radical (unpaired) electrons. The van der Waals surface area contributed by atoms with Gasteiger partial charge in [0.05, 0.1) is 11.6 Å². The van der Waals surface area contributed by atoms with Gasteiger partial charge < -0.3 is 9.88 Å². The van der Waals surface area contributed by atoms with Crippen LogP contribution in [0.4, 0.5) is 0 Å². The van der Waals surface area contributed by atoms with E-state index in [1.54, 1.807) is 0 Å². The van der Waals surface area contributed by atoms with Gasteiger partial charge in [0, 0.05) is 31.0 Å². The summed E-state index contributed by atoms with van der Waals surface area (Å²) >= 11 is 0. The molecule has 0 amide bonds. The minimum atomic E-state index is 0.128. The Balaban J connectivity index is 2.00. The molecule has 2 rings (SSSR count). The molecule has 1 heterocycles. The fraction of sp³-hybridized carbons (Fsp3) is 0.353. The number of benzene rings is 1. The normalized spacial score (nSPS) is 11.3. The van der Waals surface area contributed by atoms with Gasteiger partial charge in [-0.05, 0) is 50.1 Å². The first-order chi connectivity index (χ1) is 9.46. The van der Waals surface area contributed by atoms with Crippen molar-refractivity contribution in [2.45, 2.75) is 39.4 Å². The molecule has 0 fully saturated rings. The van der Waals surface area contributed by atoms with Gasteiger partial charge in [-0.15, -0.1) is 0 Å². The van der Waals surface area contributed by atoms with E-state index in [1.807, 2.05) is 24.3 Å². The molecule has 1 N–H and O–H groups in total. The van der Waals surface area contributed by atoms with Crippen molar-refractivity contribution in [3.05, 3.63) is 59.4 Å². The van der Waals surface area contributed by atoms with Gasteiger partial charge >= 0.3 is 0 Å². The molecule has 0 atom stereocenters. The minimum Gasteiger partial charge on any atom is -0.350 e. The monoisotopic (exact) mass is 267 g/mol. The smallest absolute Gasteiger partial charge is 0.0991 e. The number of nitrogens with one attached hydrogen (secondary N) is 1. The van der Waals surface area contributed by atoms with Crippen LogP contribution in [-0.2, 0) is 13.1 Å². The van der Waals surface area contributed by atoms with Crippen LogP contribution in [0.15, 0.2) is 42.7 Å². The van der Waals surface area contributed by atoms with E-state index in [1.165, 1.54) is 5.56 Å². The van der Waals surface area contributed by atoms with E-state index in [2.05, 4.69) is 55.2 Å². The van der Waals surface area contributed by atoms with Crippen LogP contribution in [0.3, 0.4) is 0 Å². The quantitative estimate of drug-likeness (QED) is 0.923. The van der Waals surface area contributed by atoms with Crippen LogP contribution in [0.5, 0.6) is 0 Å². The Labute approximate surface area is 120 Å². The van der Waals surface area contributed by atoms with Gasteiger partial charge in [0.2, 0.25) is 0 Å². The summed E-state index contributed by atoms with van der Waals surface area (Å²) in [6.45, 7) is 8.16. The Morgan fingerprint density at radius 2 is 2.00 bits per heavy atom. The van der Waals surface area contributed by atoms with Crippen molar-refractivity contribution in [3.63, 3.8) is 0 Å². The maximum absolute atomic E-state index is 8.91. The zero-order valence-electron chi connectivity index (χ0n) is 12.4. The van der Waals surface area contributed by atoms with Gasteiger partial charge in [0.25, 0.3) is 0 Å². The van der Waals surface area contributed by atoms with E-state index in [4.69, 9.17) is 5.26 Å². The highest BCUT2D eigenvalue weighted by molar-refractivity contribution is 5.33. The third kappa shape index (κ3) is 4.25. The molecule has 0 saturated heterocycles. The number of hydrogen-bond acceptors (Lipinski definition) is 2. The predicted octanol–water partition coefficient (Wildman–Crippen LogP) is 3.30. The van der Waals surface area contributed by atoms with E-state index < -0.39 is 0 Å². The van der Waals surface area contributed by atoms with Gasteiger partial charge in [0.15, 0.2) is 0 Å². The third-order valence-corrected chi connectivity index (χ3v) is 3.06. The fourth-order valence-corrected chi connectivity index (χ4v) is 2.01. The largest absolute Gasteiger partial charge is 0.350 e. The van der Waals surface area contributed by atoms with Gasteiger partial charge in [-0.25, -0.2) is 0 Å². The van der Waals surface area contributed by atoms with E-state index >= 15 is 0 Å². The minimum absolute atomic E-state index is 0.128. The molecule has 3 nitrogen and oxygen atoms in total. The first-order valence-corrected chi connectivity index (χ1v) is 6.85. The molecule has 0 aliphatic rings. The topological polar surface area (TPSA) is 40.8 Å². The summed E-state index contributed by atoms with van der Waals surface area (Å²) < 4.78 is 2.15. The van der Waals surface area contributed by atoms with Crippen LogP contribution >= 0.6 is 0 Å². The molecule has 1 aromatic heterocycles. The summed E-state index contributed by atoms with van der Waals surface area (Å²) in [6.07, 6.45) is 4.23. The maximum atomic E-state index is 8.91. The first-order valence-electron chi connectivity index (χ1n) is 6.85. The van der Waals surface area contributed by atoms with Crippen LogP contribution in [0.2, 0.25) is 0 Å². The lowest BCUT2D eigenvalue weighted by atomic mass is 10.1. The summed E-state index contributed by atoms with van der Waals surface area (Å²) in [5.74, 6) is 0. The van der Waals surface area contributed by atoms with Crippen molar-refractivity contribution in [1.29, 1.82) is 5.26 Å². The van der Waals surface area contributed by atoms with Gasteiger partial charge in [0.1, 0.15) is 0 Å². The second-order valence-corrected chi connectivity index (χ2v) is 6.11. The van der Waals surface area contributed by atoms with Crippen molar-refractivity contribution < 1.29 is 0 Å². The lowest BCUT2D eigenvalue weighted by Gasteiger charge is -2.19. The molecule has 0 bridgehead atoms. The van der Waals surface area contributed by atoms with Crippen molar-refractivity contribution in [1.82, 2.24) is 9.88 Å². The van der Waals surface area contributed by atoms with E-state index in [-0.39, 0.29) is 5.54 Å². The average molecular weight is 267 g/mol. The van der Waals surface area contributed by atoms with Crippen molar-refractivity contribution in [2.75, 3.05) is 0 Å². The molecule has 0 spiro atoms. The molecule has 1 aromatic carbocycles. The Hall–Kier alpha value is -2.05. The number of aromatic nitrogens is 1. The van der Waals surface area contributed by atoms with Crippen LogP contribution < -0.4 is 5.32 Å². The van der Waals surface area contributed by atoms with Crippen molar-refractivity contribution in [3.8, 4) is 6.07 Å². The summed E-state index contributed by atoms with van der Waals surface area (Å²) in [5.41, 5.74) is 3.26. The van der Waals surface area contributed by atoms with Gasteiger partial charge in [-0.2, -0.15) is 5.26 Å². The Bertz CT molecular complexity index is 612. The third-order valence-electron chi connectivity index (χ3n) is 3.06. The molecule has 3 heteroatoms. The molecule has 0 unspecified atom stereocenters. The molecule has 0 aliphatic carbocycles. The summed E-state index contributed by atoms with van der Waals surface area (Å²) in [4.78, 5) is 0. The van der Waals surface area contributed by atoms with Crippen LogP contribution in [-0.4, -0.2) is 10.1 Å². The zero-order chi connectivity index (χ0) is 14.6. The highest BCUT2D eigenvalue weighted by Crippen LogP contribution is 2.10. The number of nitrogens with zero attached hydrogens (tertiary/aromatic N) is 2. The van der Waals surface area contributed by atoms with Crippen LogP contribution in [0.25, 0.3) is 0 Å². The molecule has 0 saturated carbocycles. The maximum Gasteiger partial charge on any atom is 0.0991 e. The van der Waals surface area contributed by atoms with Gasteiger partial charge in [-0.1, -0.05) is 12.1 Å². The summed E-state index contributed by atoms with van der Waals surface area (Å²) in [5, 5.41) is 12.4. The summed E-state index contributed by atoms with van der Waals surface area (Å²) in [7, 11) is 0. The van der Waals surface area contributed by atoms with Crippen LogP contribution in [0.1, 0.15) is 37.5 Å². The number of nitriles is 1. The summed E-state index contributed by atoms with van der Waals surface area (Å²) in [6, 6.07) is 12.1. The molecule has 0 aliphatic heterocycles. The van der Waals surface area contributed by atoms with E-state index in [0.29, 0.717) is 5.56 Å². The Morgan fingerprint density at radius 1 is 1.20 bits per heavy atom.